The Labute approximate surface area is 128 Å². The molecule has 1 amide bonds. The van der Waals surface area contributed by atoms with Gasteiger partial charge in [0.1, 0.15) is 9.71 Å². The fraction of sp³-hybridized carbons (Fsp3) is 0.600. The number of hydrogen-bond acceptors (Lipinski definition) is 4. The quantitative estimate of drug-likeness (QED) is 0.912. The number of fused-ring (bicyclic) bond motifs is 1. The molecule has 0 unspecified atom stereocenters. The summed E-state index contributed by atoms with van der Waals surface area (Å²) in [4.78, 5) is 14.0. The van der Waals surface area contributed by atoms with Gasteiger partial charge in [-0.3, -0.25) is 9.48 Å². The summed E-state index contributed by atoms with van der Waals surface area (Å²) in [6.07, 6.45) is 4.83. The average molecular weight is 306 g/mol. The molecule has 1 saturated carbocycles. The summed E-state index contributed by atoms with van der Waals surface area (Å²) in [6.45, 7) is 4.88. The third-order valence-electron chi connectivity index (χ3n) is 4.88. The molecule has 6 heteroatoms. The Kier molecular flexibility index (Phi) is 3.43. The Morgan fingerprint density at radius 2 is 2.24 bits per heavy atom. The van der Waals surface area contributed by atoms with Crippen LogP contribution in [0.2, 0.25) is 0 Å². The first-order chi connectivity index (χ1) is 9.97. The van der Waals surface area contributed by atoms with Crippen molar-refractivity contribution >= 4 is 33.1 Å². The number of carbonyl (C=O) groups is 1. The second-order valence-corrected chi connectivity index (χ2v) is 7.12. The van der Waals surface area contributed by atoms with Crippen molar-refractivity contribution in [2.24, 2.45) is 12.5 Å². The van der Waals surface area contributed by atoms with E-state index in [0.717, 1.165) is 28.9 Å². The lowest BCUT2D eigenvalue weighted by Crippen LogP contribution is -2.41. The normalized spacial score (nSPS) is 16.9. The Balaban J connectivity index is 1.82. The molecule has 0 aliphatic heterocycles. The molecule has 3 rings (SSSR count). The summed E-state index contributed by atoms with van der Waals surface area (Å²) in [6, 6.07) is 0. The number of thiophene rings is 1. The molecule has 0 atom stereocenters. The van der Waals surface area contributed by atoms with Gasteiger partial charge in [-0.15, -0.1) is 11.3 Å². The van der Waals surface area contributed by atoms with Gasteiger partial charge in [0.2, 0.25) is 0 Å². The van der Waals surface area contributed by atoms with Crippen LogP contribution in [0.3, 0.4) is 0 Å². The Morgan fingerprint density at radius 3 is 2.76 bits per heavy atom. The van der Waals surface area contributed by atoms with Gasteiger partial charge >= 0.3 is 0 Å². The molecule has 114 valence electrons. The fourth-order valence-corrected chi connectivity index (χ4v) is 4.28. The minimum absolute atomic E-state index is 0.0483. The highest BCUT2D eigenvalue weighted by Gasteiger charge is 2.35. The van der Waals surface area contributed by atoms with E-state index < -0.39 is 0 Å². The van der Waals surface area contributed by atoms with Crippen molar-refractivity contribution in [1.29, 1.82) is 0 Å². The number of amides is 1. The van der Waals surface area contributed by atoms with Crippen molar-refractivity contribution < 1.29 is 4.79 Å². The van der Waals surface area contributed by atoms with Gasteiger partial charge in [-0.1, -0.05) is 13.3 Å². The van der Waals surface area contributed by atoms with Crippen LogP contribution in [0.25, 0.3) is 10.2 Å². The second kappa shape index (κ2) is 5.02. The molecule has 0 aromatic carbocycles. The van der Waals surface area contributed by atoms with Crippen LogP contribution in [-0.2, 0) is 7.05 Å². The third-order valence-corrected chi connectivity index (χ3v) is 6.15. The van der Waals surface area contributed by atoms with Gasteiger partial charge in [-0.05, 0) is 31.6 Å². The molecule has 2 aromatic rings. The molecule has 5 nitrogen and oxygen atoms in total. The lowest BCUT2D eigenvalue weighted by molar-refractivity contribution is 0.0854. The van der Waals surface area contributed by atoms with Crippen LogP contribution >= 0.6 is 11.3 Å². The molecule has 1 aliphatic rings. The van der Waals surface area contributed by atoms with E-state index in [1.807, 2.05) is 14.0 Å². The Morgan fingerprint density at radius 1 is 1.52 bits per heavy atom. The highest BCUT2D eigenvalue weighted by Crippen LogP contribution is 2.43. The summed E-state index contributed by atoms with van der Waals surface area (Å²) < 4.78 is 1.79. The van der Waals surface area contributed by atoms with Gasteiger partial charge in [0.05, 0.1) is 16.8 Å². The molecule has 0 spiro atoms. The van der Waals surface area contributed by atoms with E-state index in [1.54, 1.807) is 4.68 Å². The predicted molar refractivity (Wildman–Crippen MR) is 86.6 cm³/mol. The molecule has 0 saturated heterocycles. The van der Waals surface area contributed by atoms with E-state index in [2.05, 4.69) is 17.3 Å². The molecule has 2 heterocycles. The van der Waals surface area contributed by atoms with Crippen molar-refractivity contribution in [3.05, 3.63) is 10.6 Å². The Hall–Kier alpha value is -1.56. The molecule has 1 fully saturated rings. The zero-order valence-corrected chi connectivity index (χ0v) is 13.6. The van der Waals surface area contributed by atoms with Gasteiger partial charge < -0.3 is 11.1 Å². The van der Waals surface area contributed by atoms with Crippen molar-refractivity contribution in [1.82, 2.24) is 15.1 Å². The van der Waals surface area contributed by atoms with Crippen LogP contribution < -0.4 is 11.1 Å². The van der Waals surface area contributed by atoms with Crippen LogP contribution in [0.15, 0.2) is 0 Å². The summed E-state index contributed by atoms with van der Waals surface area (Å²) in [5.74, 6) is -0.0483. The number of nitrogen functional groups attached to an aromatic ring is 1. The van der Waals surface area contributed by atoms with Gasteiger partial charge in [-0.25, -0.2) is 0 Å². The summed E-state index contributed by atoms with van der Waals surface area (Å²) >= 11 is 1.43. The maximum atomic E-state index is 12.4. The molecule has 1 aliphatic carbocycles. The zero-order valence-electron chi connectivity index (χ0n) is 12.8. The fourth-order valence-electron chi connectivity index (χ4n) is 3.18. The van der Waals surface area contributed by atoms with E-state index >= 15 is 0 Å². The number of carbonyl (C=O) groups excluding carboxylic acids is 1. The van der Waals surface area contributed by atoms with E-state index in [-0.39, 0.29) is 5.91 Å². The predicted octanol–water partition coefficient (Wildman–Crippen LogP) is 2.84. The summed E-state index contributed by atoms with van der Waals surface area (Å²) in [5.41, 5.74) is 7.93. The number of aromatic nitrogens is 2. The highest BCUT2D eigenvalue weighted by atomic mass is 32.1. The summed E-state index contributed by atoms with van der Waals surface area (Å²) in [7, 11) is 1.88. The largest absolute Gasteiger partial charge is 0.397 e. The molecule has 0 bridgehead atoms. The second-order valence-electron chi connectivity index (χ2n) is 6.12. The van der Waals surface area contributed by atoms with Crippen LogP contribution in [0, 0.1) is 12.3 Å². The van der Waals surface area contributed by atoms with Crippen molar-refractivity contribution in [3.8, 4) is 0 Å². The molecular formula is C15H22N4OS. The van der Waals surface area contributed by atoms with E-state index in [1.165, 1.54) is 30.6 Å². The molecule has 3 N–H and O–H groups in total. The number of hydrogen-bond donors (Lipinski definition) is 2. The minimum Gasteiger partial charge on any atom is -0.397 e. The van der Waals surface area contributed by atoms with E-state index in [0.29, 0.717) is 16.0 Å². The molecular weight excluding hydrogens is 284 g/mol. The molecule has 2 aromatic heterocycles. The smallest absolute Gasteiger partial charge is 0.263 e. The number of aryl methyl sites for hydroxylation is 2. The number of nitrogens with one attached hydrogen (secondary N) is 1. The van der Waals surface area contributed by atoms with Crippen LogP contribution in [-0.4, -0.2) is 22.2 Å². The summed E-state index contributed by atoms with van der Waals surface area (Å²) in [5, 5.41) is 8.35. The maximum Gasteiger partial charge on any atom is 0.263 e. The van der Waals surface area contributed by atoms with Crippen LogP contribution in [0.5, 0.6) is 0 Å². The van der Waals surface area contributed by atoms with Crippen molar-refractivity contribution in [2.75, 3.05) is 12.3 Å². The minimum atomic E-state index is -0.0483. The first-order valence-electron chi connectivity index (χ1n) is 7.47. The number of rotatable bonds is 4. The highest BCUT2D eigenvalue weighted by molar-refractivity contribution is 7.21. The molecule has 0 radical (unpaired) electrons. The number of nitrogens with two attached hydrogens (primary N) is 1. The third kappa shape index (κ3) is 2.21. The molecule has 21 heavy (non-hydrogen) atoms. The van der Waals surface area contributed by atoms with Crippen LogP contribution in [0.1, 0.15) is 48.0 Å². The lowest BCUT2D eigenvalue weighted by atomic mass is 9.67. The van der Waals surface area contributed by atoms with Gasteiger partial charge in [0.25, 0.3) is 5.91 Å². The lowest BCUT2D eigenvalue weighted by Gasteiger charge is -2.41. The number of anilines is 1. The number of nitrogens with zero attached hydrogens (tertiary/aromatic N) is 2. The Bertz CT molecular complexity index is 691. The zero-order chi connectivity index (χ0) is 15.2. The first kappa shape index (κ1) is 14.4. The van der Waals surface area contributed by atoms with Gasteiger partial charge in [0.15, 0.2) is 0 Å². The van der Waals surface area contributed by atoms with E-state index in [4.69, 9.17) is 5.73 Å². The van der Waals surface area contributed by atoms with Crippen molar-refractivity contribution in [2.45, 2.75) is 39.5 Å². The van der Waals surface area contributed by atoms with E-state index in [9.17, 15) is 4.79 Å². The first-order valence-corrected chi connectivity index (χ1v) is 8.29. The van der Waals surface area contributed by atoms with Gasteiger partial charge in [-0.2, -0.15) is 5.10 Å². The van der Waals surface area contributed by atoms with Gasteiger partial charge in [0, 0.05) is 13.6 Å². The SMILES string of the molecule is CCC1(CNC(=O)c2sc3c(c(C)nn3C)c2N)CCC1. The maximum absolute atomic E-state index is 12.4. The van der Waals surface area contributed by atoms with Crippen LogP contribution in [0.4, 0.5) is 5.69 Å². The topological polar surface area (TPSA) is 72.9 Å². The standard InChI is InChI=1S/C15H22N4OS/c1-4-15(6-5-7-15)8-17-13(20)12-11(16)10-9(2)18-19(3)14(10)21-12/h4-8,16H2,1-3H3,(H,17,20). The monoisotopic (exact) mass is 306 g/mol. The van der Waals surface area contributed by atoms with Crippen molar-refractivity contribution in [3.63, 3.8) is 0 Å². The average Bonchev–Trinajstić information content (AvgIpc) is 2.88.